The van der Waals surface area contributed by atoms with E-state index in [1.807, 2.05) is 24.3 Å². The zero-order valence-electron chi connectivity index (χ0n) is 18.2. The Bertz CT molecular complexity index is 937. The minimum absolute atomic E-state index is 0.239. The summed E-state index contributed by atoms with van der Waals surface area (Å²) in [6, 6.07) is 12.1. The van der Waals surface area contributed by atoms with Crippen LogP contribution in [0.5, 0.6) is 0 Å². The van der Waals surface area contributed by atoms with Gasteiger partial charge >= 0.3 is 6.18 Å². The van der Waals surface area contributed by atoms with Crippen molar-refractivity contribution in [1.82, 2.24) is 4.90 Å². The first kappa shape index (κ1) is 22.5. The monoisotopic (exact) mass is 446 g/mol. The van der Waals surface area contributed by atoms with Gasteiger partial charge in [-0.25, -0.2) is 0 Å². The van der Waals surface area contributed by atoms with E-state index in [1.165, 1.54) is 37.6 Å². The molecule has 0 aromatic heterocycles. The highest BCUT2D eigenvalue weighted by Gasteiger charge is 2.34. The van der Waals surface area contributed by atoms with Crippen LogP contribution in [-0.2, 0) is 11.0 Å². The molecule has 1 amide bonds. The van der Waals surface area contributed by atoms with Gasteiger partial charge in [0, 0.05) is 44.1 Å². The maximum absolute atomic E-state index is 13.2. The van der Waals surface area contributed by atoms with Crippen molar-refractivity contribution in [1.29, 1.82) is 0 Å². The standard InChI is InChI=1S/C24H29F3N4O/c1-17(23(32)29-22-8-3-2-7-21(22)24(25,26)27)28-19-5-4-6-20(15-19)31-13-11-30(12-14-31)16-18-9-10-18/h2-8,15,17-18,28H,9-14,16H2,1H3,(H,29,32). The summed E-state index contributed by atoms with van der Waals surface area (Å²) in [6.45, 7) is 6.85. The maximum Gasteiger partial charge on any atom is 0.418 e. The first-order valence-corrected chi connectivity index (χ1v) is 11.1. The number of anilines is 3. The SMILES string of the molecule is CC(Nc1cccc(N2CCN(CC3CC3)CC2)c1)C(=O)Nc1ccccc1C(F)(F)F. The number of nitrogens with one attached hydrogen (secondary N) is 2. The van der Waals surface area contributed by atoms with Gasteiger partial charge in [0.25, 0.3) is 0 Å². The normalized spacial score (nSPS) is 18.3. The molecule has 4 rings (SSSR count). The van der Waals surface area contributed by atoms with Gasteiger partial charge in [0.2, 0.25) is 5.91 Å². The molecule has 1 unspecified atom stereocenters. The third-order valence-electron chi connectivity index (χ3n) is 6.06. The minimum Gasteiger partial charge on any atom is -0.374 e. The number of benzene rings is 2. The second kappa shape index (κ2) is 9.40. The van der Waals surface area contributed by atoms with Crippen LogP contribution in [0.3, 0.4) is 0 Å². The van der Waals surface area contributed by atoms with E-state index < -0.39 is 23.7 Å². The number of amides is 1. The van der Waals surface area contributed by atoms with Gasteiger partial charge in [-0.15, -0.1) is 0 Å². The van der Waals surface area contributed by atoms with Gasteiger partial charge in [-0.3, -0.25) is 9.69 Å². The molecule has 0 bridgehead atoms. The molecule has 1 saturated carbocycles. The van der Waals surface area contributed by atoms with Crippen molar-refractivity contribution in [3.05, 3.63) is 54.1 Å². The first-order valence-electron chi connectivity index (χ1n) is 11.1. The minimum atomic E-state index is -4.53. The number of piperazine rings is 1. The van der Waals surface area contributed by atoms with Crippen LogP contribution in [0.25, 0.3) is 0 Å². The molecule has 2 aromatic rings. The molecule has 172 valence electrons. The van der Waals surface area contributed by atoms with E-state index in [-0.39, 0.29) is 5.69 Å². The molecule has 2 aliphatic rings. The Morgan fingerprint density at radius 3 is 2.47 bits per heavy atom. The predicted molar refractivity (Wildman–Crippen MR) is 121 cm³/mol. The Morgan fingerprint density at radius 2 is 1.78 bits per heavy atom. The van der Waals surface area contributed by atoms with Gasteiger partial charge in [0.05, 0.1) is 11.3 Å². The predicted octanol–water partition coefficient (Wildman–Crippen LogP) is 4.68. The molecule has 32 heavy (non-hydrogen) atoms. The van der Waals surface area contributed by atoms with Gasteiger partial charge in [0.15, 0.2) is 0 Å². The number of carbonyl (C=O) groups excluding carboxylic acids is 1. The summed E-state index contributed by atoms with van der Waals surface area (Å²) < 4.78 is 39.5. The molecule has 2 aromatic carbocycles. The third-order valence-corrected chi connectivity index (χ3v) is 6.06. The van der Waals surface area contributed by atoms with Crippen molar-refractivity contribution < 1.29 is 18.0 Å². The number of hydrogen-bond acceptors (Lipinski definition) is 4. The van der Waals surface area contributed by atoms with E-state index >= 15 is 0 Å². The lowest BCUT2D eigenvalue weighted by atomic mass is 10.1. The topological polar surface area (TPSA) is 47.6 Å². The Balaban J connectivity index is 1.35. The Morgan fingerprint density at radius 1 is 1.06 bits per heavy atom. The number of rotatable bonds is 7. The summed E-state index contributed by atoms with van der Waals surface area (Å²) in [5.41, 5.74) is 0.741. The average Bonchev–Trinajstić information content (AvgIpc) is 3.58. The summed E-state index contributed by atoms with van der Waals surface area (Å²) in [5.74, 6) is 0.366. The van der Waals surface area contributed by atoms with Gasteiger partial charge in [-0.2, -0.15) is 13.2 Å². The molecular weight excluding hydrogens is 417 g/mol. The molecular formula is C24H29F3N4O. The number of halogens is 3. The van der Waals surface area contributed by atoms with Crippen LogP contribution >= 0.6 is 0 Å². The van der Waals surface area contributed by atoms with Crippen LogP contribution in [0, 0.1) is 5.92 Å². The zero-order chi connectivity index (χ0) is 22.7. The molecule has 1 heterocycles. The average molecular weight is 447 g/mol. The summed E-state index contributed by atoms with van der Waals surface area (Å²) >= 11 is 0. The molecule has 1 atom stereocenters. The largest absolute Gasteiger partial charge is 0.418 e. The van der Waals surface area contributed by atoms with E-state index in [0.717, 1.165) is 49.5 Å². The van der Waals surface area contributed by atoms with Crippen LogP contribution in [0.2, 0.25) is 0 Å². The van der Waals surface area contributed by atoms with Crippen LogP contribution in [0.15, 0.2) is 48.5 Å². The molecule has 2 fully saturated rings. The number of carbonyl (C=O) groups is 1. The molecule has 5 nitrogen and oxygen atoms in total. The number of alkyl halides is 3. The summed E-state index contributed by atoms with van der Waals surface area (Å²) in [6.07, 6.45) is -1.81. The van der Waals surface area contributed by atoms with E-state index in [0.29, 0.717) is 0 Å². The fourth-order valence-corrected chi connectivity index (χ4v) is 4.04. The van der Waals surface area contributed by atoms with E-state index in [2.05, 4.69) is 20.4 Å². The van der Waals surface area contributed by atoms with Crippen molar-refractivity contribution in [2.75, 3.05) is 48.3 Å². The summed E-state index contributed by atoms with van der Waals surface area (Å²) in [4.78, 5) is 17.4. The maximum atomic E-state index is 13.2. The fraction of sp³-hybridized carbons (Fsp3) is 0.458. The smallest absolute Gasteiger partial charge is 0.374 e. The molecule has 0 radical (unpaired) electrons. The van der Waals surface area contributed by atoms with E-state index in [1.54, 1.807) is 6.92 Å². The summed E-state index contributed by atoms with van der Waals surface area (Å²) in [7, 11) is 0. The Labute approximate surface area is 186 Å². The Kier molecular flexibility index (Phi) is 6.60. The van der Waals surface area contributed by atoms with Crippen LogP contribution in [0.4, 0.5) is 30.2 Å². The highest BCUT2D eigenvalue weighted by atomic mass is 19.4. The van der Waals surface area contributed by atoms with Crippen molar-refractivity contribution in [2.24, 2.45) is 5.92 Å². The summed E-state index contributed by atoms with van der Waals surface area (Å²) in [5, 5.41) is 5.52. The highest BCUT2D eigenvalue weighted by Crippen LogP contribution is 2.34. The van der Waals surface area contributed by atoms with Crippen molar-refractivity contribution >= 4 is 23.0 Å². The van der Waals surface area contributed by atoms with Gasteiger partial charge < -0.3 is 15.5 Å². The third kappa shape index (κ3) is 5.73. The van der Waals surface area contributed by atoms with Crippen molar-refractivity contribution in [2.45, 2.75) is 32.0 Å². The zero-order valence-corrected chi connectivity index (χ0v) is 18.2. The van der Waals surface area contributed by atoms with Crippen molar-refractivity contribution in [3.63, 3.8) is 0 Å². The molecule has 0 spiro atoms. The molecule has 2 N–H and O–H groups in total. The lowest BCUT2D eigenvalue weighted by Gasteiger charge is -2.36. The molecule has 1 saturated heterocycles. The Hall–Kier alpha value is -2.74. The molecule has 1 aliphatic heterocycles. The second-order valence-corrected chi connectivity index (χ2v) is 8.68. The lowest BCUT2D eigenvalue weighted by molar-refractivity contribution is -0.137. The molecule has 1 aliphatic carbocycles. The van der Waals surface area contributed by atoms with Crippen LogP contribution < -0.4 is 15.5 Å². The highest BCUT2D eigenvalue weighted by molar-refractivity contribution is 5.97. The lowest BCUT2D eigenvalue weighted by Crippen LogP contribution is -2.47. The second-order valence-electron chi connectivity index (χ2n) is 8.68. The first-order chi connectivity index (χ1) is 15.3. The van der Waals surface area contributed by atoms with Crippen molar-refractivity contribution in [3.8, 4) is 0 Å². The van der Waals surface area contributed by atoms with Crippen LogP contribution in [0.1, 0.15) is 25.3 Å². The number of hydrogen-bond donors (Lipinski definition) is 2. The molecule has 8 heteroatoms. The number of para-hydroxylation sites is 1. The van der Waals surface area contributed by atoms with Gasteiger partial charge in [-0.05, 0) is 56.0 Å². The van der Waals surface area contributed by atoms with E-state index in [4.69, 9.17) is 0 Å². The van der Waals surface area contributed by atoms with E-state index in [9.17, 15) is 18.0 Å². The fourth-order valence-electron chi connectivity index (χ4n) is 4.04. The van der Waals surface area contributed by atoms with Gasteiger partial charge in [0.1, 0.15) is 6.04 Å². The number of nitrogens with zero attached hydrogens (tertiary/aromatic N) is 2. The van der Waals surface area contributed by atoms with Crippen LogP contribution in [-0.4, -0.2) is 49.6 Å². The van der Waals surface area contributed by atoms with Gasteiger partial charge in [-0.1, -0.05) is 18.2 Å². The quantitative estimate of drug-likeness (QED) is 0.649.